The average Bonchev–Trinajstić information content (AvgIpc) is 2.78. The molecule has 0 saturated carbocycles. The van der Waals surface area contributed by atoms with Crippen molar-refractivity contribution in [1.29, 1.82) is 0 Å². The first kappa shape index (κ1) is 21.3. The molecule has 1 aliphatic heterocycles. The number of ether oxygens (including phenoxy) is 2. The van der Waals surface area contributed by atoms with Gasteiger partial charge in [-0.3, -0.25) is 4.79 Å². The molecule has 1 unspecified atom stereocenters. The van der Waals surface area contributed by atoms with E-state index in [1.54, 1.807) is 19.2 Å². The van der Waals surface area contributed by atoms with Crippen LogP contribution in [0.3, 0.4) is 0 Å². The summed E-state index contributed by atoms with van der Waals surface area (Å²) in [6.45, 7) is 3.36. The predicted molar refractivity (Wildman–Crippen MR) is 110 cm³/mol. The minimum Gasteiger partial charge on any atom is -0.497 e. The fraction of sp³-hybridized carbons (Fsp3) is 0.381. The van der Waals surface area contributed by atoms with Gasteiger partial charge in [-0.25, -0.2) is 8.42 Å². The first-order valence-corrected chi connectivity index (χ1v) is 11.0. The molecule has 156 valence electrons. The highest BCUT2D eigenvalue weighted by atomic mass is 32.2. The number of amides is 1. The maximum Gasteiger partial charge on any atom is 0.251 e. The van der Waals surface area contributed by atoms with Crippen LogP contribution >= 0.6 is 0 Å². The number of methoxy groups -OCH3 is 1. The van der Waals surface area contributed by atoms with E-state index in [1.165, 1.54) is 16.4 Å². The zero-order valence-corrected chi connectivity index (χ0v) is 17.4. The van der Waals surface area contributed by atoms with Gasteiger partial charge in [-0.1, -0.05) is 25.1 Å². The average molecular weight is 419 g/mol. The van der Waals surface area contributed by atoms with Crippen molar-refractivity contribution >= 4 is 15.9 Å². The standard InChI is InChI=1S/C21H26N2O5S/c1-3-20(16-7-9-18(27-2)10-8-16)22-21(24)17-5-4-6-19(15-17)29(25,26)23-11-13-28-14-12-23/h4-10,15,20H,3,11-14H2,1-2H3,(H,22,24). The number of nitrogens with one attached hydrogen (secondary N) is 1. The van der Waals surface area contributed by atoms with Gasteiger partial charge < -0.3 is 14.8 Å². The number of benzene rings is 2. The normalized spacial score (nSPS) is 16.2. The van der Waals surface area contributed by atoms with Crippen LogP contribution in [-0.4, -0.2) is 52.0 Å². The largest absolute Gasteiger partial charge is 0.497 e. The Bertz CT molecular complexity index is 938. The third-order valence-electron chi connectivity index (χ3n) is 4.94. The summed E-state index contributed by atoms with van der Waals surface area (Å²) in [6, 6.07) is 13.5. The second kappa shape index (κ2) is 9.39. The van der Waals surface area contributed by atoms with E-state index in [0.717, 1.165) is 11.3 Å². The lowest BCUT2D eigenvalue weighted by Gasteiger charge is -2.26. The summed E-state index contributed by atoms with van der Waals surface area (Å²) in [5.74, 6) is 0.433. The van der Waals surface area contributed by atoms with E-state index in [2.05, 4.69) is 5.32 Å². The Kier molecular flexibility index (Phi) is 6.89. The second-order valence-corrected chi connectivity index (χ2v) is 8.69. The van der Waals surface area contributed by atoms with Crippen molar-refractivity contribution in [3.8, 4) is 5.75 Å². The fourth-order valence-electron chi connectivity index (χ4n) is 3.23. The first-order valence-electron chi connectivity index (χ1n) is 9.58. The van der Waals surface area contributed by atoms with Crippen LogP contribution in [0.5, 0.6) is 5.75 Å². The summed E-state index contributed by atoms with van der Waals surface area (Å²) in [7, 11) is -2.05. The van der Waals surface area contributed by atoms with Crippen LogP contribution in [0.25, 0.3) is 0 Å². The maximum absolute atomic E-state index is 12.8. The lowest BCUT2D eigenvalue weighted by atomic mass is 10.0. The van der Waals surface area contributed by atoms with Gasteiger partial charge >= 0.3 is 0 Å². The van der Waals surface area contributed by atoms with Gasteiger partial charge in [-0.05, 0) is 42.3 Å². The van der Waals surface area contributed by atoms with Crippen molar-refractivity contribution < 1.29 is 22.7 Å². The van der Waals surface area contributed by atoms with E-state index >= 15 is 0 Å². The number of rotatable bonds is 7. The van der Waals surface area contributed by atoms with Gasteiger partial charge in [-0.15, -0.1) is 0 Å². The Hall–Kier alpha value is -2.42. The molecule has 1 saturated heterocycles. The molecule has 1 aliphatic rings. The quantitative estimate of drug-likeness (QED) is 0.747. The van der Waals surface area contributed by atoms with Gasteiger partial charge in [0, 0.05) is 18.7 Å². The SMILES string of the molecule is CCC(NC(=O)c1cccc(S(=O)(=O)N2CCOCC2)c1)c1ccc(OC)cc1. The third-order valence-corrected chi connectivity index (χ3v) is 6.83. The van der Waals surface area contributed by atoms with Gasteiger partial charge in [0.2, 0.25) is 10.0 Å². The molecule has 29 heavy (non-hydrogen) atoms. The topological polar surface area (TPSA) is 84.9 Å². The highest BCUT2D eigenvalue weighted by molar-refractivity contribution is 7.89. The van der Waals surface area contributed by atoms with Crippen LogP contribution in [0.2, 0.25) is 0 Å². The summed E-state index contributed by atoms with van der Waals surface area (Å²) < 4.78 is 37.5. The molecule has 0 spiro atoms. The molecule has 7 nitrogen and oxygen atoms in total. The van der Waals surface area contributed by atoms with E-state index < -0.39 is 10.0 Å². The van der Waals surface area contributed by atoms with Crippen LogP contribution in [0.1, 0.15) is 35.3 Å². The molecule has 8 heteroatoms. The minimum atomic E-state index is -3.65. The van der Waals surface area contributed by atoms with Crippen molar-refractivity contribution in [2.75, 3.05) is 33.4 Å². The molecule has 1 heterocycles. The van der Waals surface area contributed by atoms with Gasteiger partial charge in [0.15, 0.2) is 0 Å². The number of sulfonamides is 1. The van der Waals surface area contributed by atoms with Crippen LogP contribution in [0.4, 0.5) is 0 Å². The number of nitrogens with zero attached hydrogens (tertiary/aromatic N) is 1. The van der Waals surface area contributed by atoms with Crippen molar-refractivity contribution in [3.63, 3.8) is 0 Å². The fourth-order valence-corrected chi connectivity index (χ4v) is 4.69. The van der Waals surface area contributed by atoms with Gasteiger partial charge in [0.25, 0.3) is 5.91 Å². The maximum atomic E-state index is 12.8. The Morgan fingerprint density at radius 1 is 1.17 bits per heavy atom. The Morgan fingerprint density at radius 2 is 1.86 bits per heavy atom. The van der Waals surface area contributed by atoms with E-state index in [4.69, 9.17) is 9.47 Å². The zero-order valence-electron chi connectivity index (χ0n) is 16.6. The number of carbonyl (C=O) groups is 1. The molecular weight excluding hydrogens is 392 g/mol. The molecular formula is C21H26N2O5S. The van der Waals surface area contributed by atoms with Crippen LogP contribution < -0.4 is 10.1 Å². The van der Waals surface area contributed by atoms with Crippen molar-refractivity contribution in [1.82, 2.24) is 9.62 Å². The molecule has 0 radical (unpaired) electrons. The van der Waals surface area contributed by atoms with E-state index in [1.807, 2.05) is 31.2 Å². The molecule has 1 fully saturated rings. The molecule has 3 rings (SSSR count). The smallest absolute Gasteiger partial charge is 0.251 e. The number of carbonyl (C=O) groups excluding carboxylic acids is 1. The highest BCUT2D eigenvalue weighted by Crippen LogP contribution is 2.22. The molecule has 1 atom stereocenters. The van der Waals surface area contributed by atoms with E-state index in [9.17, 15) is 13.2 Å². The van der Waals surface area contributed by atoms with E-state index in [-0.39, 0.29) is 16.8 Å². The second-order valence-electron chi connectivity index (χ2n) is 6.75. The molecule has 2 aromatic rings. The van der Waals surface area contributed by atoms with Gasteiger partial charge in [0.1, 0.15) is 5.75 Å². The van der Waals surface area contributed by atoms with Crippen LogP contribution in [-0.2, 0) is 14.8 Å². The summed E-state index contributed by atoms with van der Waals surface area (Å²) in [4.78, 5) is 12.9. The minimum absolute atomic E-state index is 0.115. The number of hydrogen-bond acceptors (Lipinski definition) is 5. The van der Waals surface area contributed by atoms with Crippen molar-refractivity contribution in [2.24, 2.45) is 0 Å². The first-order chi connectivity index (χ1) is 14.0. The van der Waals surface area contributed by atoms with Crippen molar-refractivity contribution in [2.45, 2.75) is 24.3 Å². The summed E-state index contributed by atoms with van der Waals surface area (Å²) in [5, 5.41) is 2.99. The van der Waals surface area contributed by atoms with Gasteiger partial charge in [0.05, 0.1) is 31.3 Å². The van der Waals surface area contributed by atoms with Crippen LogP contribution in [0, 0.1) is 0 Å². The number of hydrogen-bond donors (Lipinski definition) is 1. The Morgan fingerprint density at radius 3 is 2.48 bits per heavy atom. The van der Waals surface area contributed by atoms with Crippen LogP contribution in [0.15, 0.2) is 53.4 Å². The monoisotopic (exact) mass is 418 g/mol. The van der Waals surface area contributed by atoms with E-state index in [0.29, 0.717) is 38.3 Å². The lowest BCUT2D eigenvalue weighted by molar-refractivity contribution is 0.0730. The summed E-state index contributed by atoms with van der Waals surface area (Å²) in [5.41, 5.74) is 1.27. The molecule has 1 N–H and O–H groups in total. The molecule has 0 bridgehead atoms. The predicted octanol–water partition coefficient (Wildman–Crippen LogP) is 2.60. The molecule has 0 aromatic heterocycles. The zero-order chi connectivity index (χ0) is 20.9. The molecule has 2 aromatic carbocycles. The van der Waals surface area contributed by atoms with Crippen molar-refractivity contribution in [3.05, 3.63) is 59.7 Å². The summed E-state index contributed by atoms with van der Waals surface area (Å²) >= 11 is 0. The highest BCUT2D eigenvalue weighted by Gasteiger charge is 2.27. The van der Waals surface area contributed by atoms with Gasteiger partial charge in [-0.2, -0.15) is 4.31 Å². The Labute approximate surface area is 171 Å². The Balaban J connectivity index is 1.77. The lowest BCUT2D eigenvalue weighted by Crippen LogP contribution is -2.40. The third kappa shape index (κ3) is 4.95. The summed E-state index contributed by atoms with van der Waals surface area (Å²) in [6.07, 6.45) is 0.698. The number of morpholine rings is 1. The molecule has 0 aliphatic carbocycles. The molecule has 1 amide bonds.